The molecule has 0 aliphatic carbocycles. The molecule has 0 saturated carbocycles. The zero-order valence-electron chi connectivity index (χ0n) is 19.8. The summed E-state index contributed by atoms with van der Waals surface area (Å²) in [6.07, 6.45) is 4.09. The molecule has 2 atom stereocenters. The van der Waals surface area contributed by atoms with Crippen LogP contribution in [0.1, 0.15) is 35.5 Å². The zero-order chi connectivity index (χ0) is 25.1. The van der Waals surface area contributed by atoms with E-state index < -0.39 is 0 Å². The summed E-state index contributed by atoms with van der Waals surface area (Å²) in [5.41, 5.74) is 4.75. The molecule has 0 radical (unpaired) electrons. The summed E-state index contributed by atoms with van der Waals surface area (Å²) in [5.74, 6) is -0.0614. The SMILES string of the molecule is Cc1cccc(NC(=O)CCN2C(=S)NC(c3ccccn3)C2c2cccn2-c2cccc(Cl)c2)c1. The van der Waals surface area contributed by atoms with Crippen LogP contribution < -0.4 is 10.6 Å². The van der Waals surface area contributed by atoms with Gasteiger partial charge in [-0.05, 0) is 79.3 Å². The smallest absolute Gasteiger partial charge is 0.226 e. The van der Waals surface area contributed by atoms with Gasteiger partial charge in [0.25, 0.3) is 0 Å². The van der Waals surface area contributed by atoms with Crippen LogP contribution in [0.2, 0.25) is 5.02 Å². The van der Waals surface area contributed by atoms with Crippen LogP contribution in [0, 0.1) is 6.92 Å². The number of aryl methyl sites for hydroxylation is 1. The molecule has 2 unspecified atom stereocenters. The van der Waals surface area contributed by atoms with Crippen molar-refractivity contribution in [3.8, 4) is 5.69 Å². The number of nitrogens with zero attached hydrogens (tertiary/aromatic N) is 3. The van der Waals surface area contributed by atoms with Gasteiger partial charge >= 0.3 is 0 Å². The predicted molar refractivity (Wildman–Crippen MR) is 147 cm³/mol. The minimum atomic E-state index is -0.175. The third-order valence-corrected chi connectivity index (χ3v) is 6.84. The highest BCUT2D eigenvalue weighted by Gasteiger charge is 2.41. The number of hydrogen-bond donors (Lipinski definition) is 2. The quantitative estimate of drug-likeness (QED) is 0.303. The van der Waals surface area contributed by atoms with E-state index in [2.05, 4.69) is 31.2 Å². The van der Waals surface area contributed by atoms with Crippen LogP contribution >= 0.6 is 23.8 Å². The highest BCUT2D eigenvalue weighted by molar-refractivity contribution is 7.80. The van der Waals surface area contributed by atoms with E-state index in [0.717, 1.165) is 28.3 Å². The molecule has 0 bridgehead atoms. The highest BCUT2D eigenvalue weighted by atomic mass is 35.5. The number of amides is 1. The van der Waals surface area contributed by atoms with E-state index in [0.29, 0.717) is 23.1 Å². The maximum atomic E-state index is 12.8. The number of anilines is 1. The number of carbonyl (C=O) groups excluding carboxylic acids is 1. The van der Waals surface area contributed by atoms with Crippen molar-refractivity contribution < 1.29 is 4.79 Å². The Bertz CT molecular complexity index is 1390. The lowest BCUT2D eigenvalue weighted by Crippen LogP contribution is -2.33. The molecular weight excluding hydrogens is 490 g/mol. The monoisotopic (exact) mass is 515 g/mol. The number of aromatic nitrogens is 2. The Hall–Kier alpha value is -3.68. The normalized spacial score (nSPS) is 17.2. The van der Waals surface area contributed by atoms with Crippen molar-refractivity contribution in [2.75, 3.05) is 11.9 Å². The number of rotatable bonds is 7. The van der Waals surface area contributed by atoms with Crippen LogP contribution in [0.15, 0.2) is 91.3 Å². The van der Waals surface area contributed by atoms with Gasteiger partial charge in [-0.3, -0.25) is 9.78 Å². The van der Waals surface area contributed by atoms with Gasteiger partial charge in [-0.15, -0.1) is 0 Å². The zero-order valence-corrected chi connectivity index (χ0v) is 21.3. The van der Waals surface area contributed by atoms with E-state index in [1.54, 1.807) is 6.20 Å². The molecular formula is C28H26ClN5OS. The molecule has 1 aliphatic heterocycles. The second-order valence-corrected chi connectivity index (χ2v) is 9.59. The van der Waals surface area contributed by atoms with Gasteiger partial charge in [0.05, 0.1) is 17.8 Å². The first-order valence-corrected chi connectivity index (χ1v) is 12.6. The fraction of sp³-hybridized carbons (Fsp3) is 0.179. The van der Waals surface area contributed by atoms with E-state index in [4.69, 9.17) is 23.8 Å². The van der Waals surface area contributed by atoms with Crippen LogP contribution in [0.4, 0.5) is 5.69 Å². The van der Waals surface area contributed by atoms with E-state index in [1.807, 2.05) is 85.9 Å². The van der Waals surface area contributed by atoms with Crippen LogP contribution in [0.5, 0.6) is 0 Å². The molecule has 1 saturated heterocycles. The number of hydrogen-bond acceptors (Lipinski definition) is 3. The molecule has 36 heavy (non-hydrogen) atoms. The van der Waals surface area contributed by atoms with Crippen molar-refractivity contribution in [1.29, 1.82) is 0 Å². The fourth-order valence-electron chi connectivity index (χ4n) is 4.63. The summed E-state index contributed by atoms with van der Waals surface area (Å²) in [7, 11) is 0. The first kappa shape index (κ1) is 24.0. The number of carbonyl (C=O) groups is 1. The molecule has 4 aromatic rings. The summed E-state index contributed by atoms with van der Waals surface area (Å²) in [4.78, 5) is 19.5. The second kappa shape index (κ2) is 10.5. The third kappa shape index (κ3) is 5.12. The average Bonchev–Trinajstić information content (AvgIpc) is 3.47. The Labute approximate surface area is 220 Å². The number of thiocarbonyl (C=S) groups is 1. The number of nitrogens with one attached hydrogen (secondary N) is 2. The standard InChI is InChI=1S/C28H26ClN5OS/c1-19-7-4-9-21(17-19)31-25(35)13-16-34-27(26(32-28(34)36)23-11-2-3-14-30-23)24-12-6-15-33(24)22-10-5-8-20(29)18-22/h2-12,14-15,17-18,26-27H,13,16H2,1H3,(H,31,35)(H,32,36). The van der Waals surface area contributed by atoms with Crippen molar-refractivity contribution in [3.05, 3.63) is 113 Å². The average molecular weight is 516 g/mol. The molecule has 1 aliphatic rings. The first-order chi connectivity index (χ1) is 17.5. The molecule has 6 nitrogen and oxygen atoms in total. The summed E-state index contributed by atoms with van der Waals surface area (Å²) in [6, 6.07) is 25.1. The van der Waals surface area contributed by atoms with Gasteiger partial charge in [0, 0.05) is 47.5 Å². The molecule has 182 valence electrons. The number of benzene rings is 2. The topological polar surface area (TPSA) is 62.2 Å². The van der Waals surface area contributed by atoms with Gasteiger partial charge in [0.15, 0.2) is 5.11 Å². The molecule has 2 aromatic heterocycles. The summed E-state index contributed by atoms with van der Waals surface area (Å²) in [6.45, 7) is 2.46. The molecule has 0 spiro atoms. The molecule has 2 aromatic carbocycles. The van der Waals surface area contributed by atoms with E-state index in [-0.39, 0.29) is 18.0 Å². The van der Waals surface area contributed by atoms with Crippen molar-refractivity contribution in [2.45, 2.75) is 25.4 Å². The Morgan fingerprint density at radius 2 is 1.94 bits per heavy atom. The predicted octanol–water partition coefficient (Wildman–Crippen LogP) is 5.84. The summed E-state index contributed by atoms with van der Waals surface area (Å²) < 4.78 is 2.11. The van der Waals surface area contributed by atoms with Crippen LogP contribution in [0.25, 0.3) is 5.69 Å². The molecule has 1 fully saturated rings. The molecule has 3 heterocycles. The summed E-state index contributed by atoms with van der Waals surface area (Å²) in [5, 5.41) is 7.71. The number of pyridine rings is 1. The highest BCUT2D eigenvalue weighted by Crippen LogP contribution is 2.39. The van der Waals surface area contributed by atoms with Crippen molar-refractivity contribution in [3.63, 3.8) is 0 Å². The van der Waals surface area contributed by atoms with Crippen LogP contribution in [-0.2, 0) is 4.79 Å². The molecule has 2 N–H and O–H groups in total. The maximum absolute atomic E-state index is 12.8. The van der Waals surface area contributed by atoms with Crippen molar-refractivity contribution >= 4 is 40.5 Å². The fourth-order valence-corrected chi connectivity index (χ4v) is 5.15. The minimum Gasteiger partial charge on any atom is -0.352 e. The lowest BCUT2D eigenvalue weighted by Gasteiger charge is -2.29. The second-order valence-electron chi connectivity index (χ2n) is 8.77. The van der Waals surface area contributed by atoms with Crippen molar-refractivity contribution in [1.82, 2.24) is 19.8 Å². The maximum Gasteiger partial charge on any atom is 0.226 e. The molecule has 1 amide bonds. The minimum absolute atomic E-state index is 0.0614. The van der Waals surface area contributed by atoms with Gasteiger partial charge < -0.3 is 20.1 Å². The number of halogens is 1. The Balaban J connectivity index is 1.44. The van der Waals surface area contributed by atoms with Crippen LogP contribution in [0.3, 0.4) is 0 Å². The van der Waals surface area contributed by atoms with Gasteiger partial charge in [-0.2, -0.15) is 0 Å². The van der Waals surface area contributed by atoms with Gasteiger partial charge in [0.1, 0.15) is 0 Å². The third-order valence-electron chi connectivity index (χ3n) is 6.25. The molecule has 8 heteroatoms. The van der Waals surface area contributed by atoms with E-state index >= 15 is 0 Å². The lowest BCUT2D eigenvalue weighted by molar-refractivity contribution is -0.116. The largest absolute Gasteiger partial charge is 0.352 e. The van der Waals surface area contributed by atoms with Crippen molar-refractivity contribution in [2.24, 2.45) is 0 Å². The Morgan fingerprint density at radius 3 is 2.72 bits per heavy atom. The Morgan fingerprint density at radius 1 is 1.08 bits per heavy atom. The Kier molecular flexibility index (Phi) is 7.02. The summed E-state index contributed by atoms with van der Waals surface area (Å²) >= 11 is 12.1. The van der Waals surface area contributed by atoms with Gasteiger partial charge in [-0.1, -0.05) is 35.9 Å². The lowest BCUT2D eigenvalue weighted by atomic mass is 10.0. The first-order valence-electron chi connectivity index (χ1n) is 11.8. The van der Waals surface area contributed by atoms with Crippen LogP contribution in [-0.4, -0.2) is 32.0 Å². The van der Waals surface area contributed by atoms with E-state index in [9.17, 15) is 4.79 Å². The van der Waals surface area contributed by atoms with Gasteiger partial charge in [0.2, 0.25) is 5.91 Å². The van der Waals surface area contributed by atoms with E-state index in [1.165, 1.54) is 0 Å². The molecule has 5 rings (SSSR count). The van der Waals surface area contributed by atoms with Gasteiger partial charge in [-0.25, -0.2) is 0 Å².